The van der Waals surface area contributed by atoms with Crippen LogP contribution in [-0.4, -0.2) is 12.0 Å². The van der Waals surface area contributed by atoms with Crippen molar-refractivity contribution < 1.29 is 4.39 Å². The zero-order valence-corrected chi connectivity index (χ0v) is 8.13. The Bertz CT molecular complexity index is 313. The maximum absolute atomic E-state index is 12.6. The van der Waals surface area contributed by atoms with E-state index in [9.17, 15) is 4.39 Å². The van der Waals surface area contributed by atoms with Gasteiger partial charge in [0.05, 0.1) is 17.9 Å². The molecule has 0 bridgehead atoms. The van der Waals surface area contributed by atoms with Crippen molar-refractivity contribution in [3.05, 3.63) is 29.8 Å². The molecule has 2 nitrogen and oxygen atoms in total. The van der Waals surface area contributed by atoms with Crippen LogP contribution in [0.15, 0.2) is 18.3 Å². The Labute approximate surface area is 83.6 Å². The van der Waals surface area contributed by atoms with E-state index in [2.05, 4.69) is 16.2 Å². The predicted molar refractivity (Wildman–Crippen MR) is 54.1 cm³/mol. The number of nitrogens with zero attached hydrogens (tertiary/aromatic N) is 1. The molecule has 0 aliphatic carbocycles. The highest BCUT2D eigenvalue weighted by Crippen LogP contribution is 2.15. The summed E-state index contributed by atoms with van der Waals surface area (Å²) in [4.78, 5) is 4.00. The van der Waals surface area contributed by atoms with Gasteiger partial charge in [-0.25, -0.2) is 4.39 Å². The summed E-state index contributed by atoms with van der Waals surface area (Å²) in [5.74, 6) is 2.25. The van der Waals surface area contributed by atoms with Crippen molar-refractivity contribution in [1.82, 2.24) is 10.3 Å². The molecule has 3 heteroatoms. The molecule has 0 aromatic carbocycles. The Balaban J connectivity index is 2.69. The summed E-state index contributed by atoms with van der Waals surface area (Å²) in [5, 5.41) is 3.09. The fourth-order valence-electron chi connectivity index (χ4n) is 1.26. The first kappa shape index (κ1) is 10.7. The molecule has 0 fully saturated rings. The van der Waals surface area contributed by atoms with Crippen LogP contribution in [0.25, 0.3) is 0 Å². The molecule has 1 unspecified atom stereocenters. The molecule has 0 spiro atoms. The number of rotatable bonds is 4. The number of aromatic nitrogens is 1. The maximum atomic E-state index is 12.6. The standard InChI is InChI=1S/C11H13FN2/c1-3-4-5-10(13-2)11-7-6-9(12)8-14-11/h1,6-8,10,13H,4-5H2,2H3. The van der Waals surface area contributed by atoms with Gasteiger partial charge in [0.2, 0.25) is 0 Å². The van der Waals surface area contributed by atoms with E-state index in [1.54, 1.807) is 6.07 Å². The fraction of sp³-hybridized carbons (Fsp3) is 0.364. The minimum absolute atomic E-state index is 0.103. The van der Waals surface area contributed by atoms with E-state index in [-0.39, 0.29) is 11.9 Å². The number of terminal acetylenes is 1. The molecule has 74 valence electrons. The van der Waals surface area contributed by atoms with E-state index in [0.29, 0.717) is 6.42 Å². The fourth-order valence-corrected chi connectivity index (χ4v) is 1.26. The monoisotopic (exact) mass is 192 g/mol. The summed E-state index contributed by atoms with van der Waals surface area (Å²) < 4.78 is 12.6. The normalized spacial score (nSPS) is 12.1. The van der Waals surface area contributed by atoms with Crippen LogP contribution < -0.4 is 5.32 Å². The number of pyridine rings is 1. The number of nitrogens with one attached hydrogen (secondary N) is 1. The summed E-state index contributed by atoms with van der Waals surface area (Å²) in [6.07, 6.45) is 7.89. The average molecular weight is 192 g/mol. The van der Waals surface area contributed by atoms with E-state index in [4.69, 9.17) is 6.42 Å². The Morgan fingerprint density at radius 3 is 2.93 bits per heavy atom. The maximum Gasteiger partial charge on any atom is 0.141 e. The number of hydrogen-bond donors (Lipinski definition) is 1. The van der Waals surface area contributed by atoms with E-state index in [0.717, 1.165) is 12.1 Å². The highest BCUT2D eigenvalue weighted by molar-refractivity contribution is 5.10. The van der Waals surface area contributed by atoms with Crippen LogP contribution in [0.4, 0.5) is 4.39 Å². The molecular formula is C11H13FN2. The number of halogens is 1. The van der Waals surface area contributed by atoms with E-state index < -0.39 is 0 Å². The minimum atomic E-state index is -0.319. The second-order valence-corrected chi connectivity index (χ2v) is 2.99. The zero-order valence-electron chi connectivity index (χ0n) is 8.13. The molecule has 0 aliphatic rings. The quantitative estimate of drug-likeness (QED) is 0.737. The number of hydrogen-bond acceptors (Lipinski definition) is 2. The van der Waals surface area contributed by atoms with Gasteiger partial charge in [-0.15, -0.1) is 12.3 Å². The second-order valence-electron chi connectivity index (χ2n) is 2.99. The molecule has 14 heavy (non-hydrogen) atoms. The third kappa shape index (κ3) is 2.82. The predicted octanol–water partition coefficient (Wildman–Crippen LogP) is 1.89. The van der Waals surface area contributed by atoms with Gasteiger partial charge in [0, 0.05) is 6.42 Å². The Hall–Kier alpha value is -1.40. The average Bonchev–Trinajstić information content (AvgIpc) is 2.21. The highest BCUT2D eigenvalue weighted by Gasteiger charge is 2.09. The van der Waals surface area contributed by atoms with Crippen molar-refractivity contribution in [2.24, 2.45) is 0 Å². The highest BCUT2D eigenvalue weighted by atomic mass is 19.1. The molecule has 1 N–H and O–H groups in total. The molecule has 0 aliphatic heterocycles. The van der Waals surface area contributed by atoms with Gasteiger partial charge >= 0.3 is 0 Å². The SMILES string of the molecule is C#CCCC(NC)c1ccc(F)cn1. The molecule has 0 saturated heterocycles. The van der Waals surface area contributed by atoms with E-state index in [1.807, 2.05) is 7.05 Å². The molecule has 1 rings (SSSR count). The summed E-state index contributed by atoms with van der Waals surface area (Å²) in [7, 11) is 1.84. The molecule has 1 aromatic rings. The van der Waals surface area contributed by atoms with Crippen LogP contribution in [0.3, 0.4) is 0 Å². The second kappa shape index (κ2) is 5.36. The van der Waals surface area contributed by atoms with E-state index in [1.165, 1.54) is 12.3 Å². The van der Waals surface area contributed by atoms with Gasteiger partial charge in [-0.2, -0.15) is 0 Å². The van der Waals surface area contributed by atoms with Crippen LogP contribution in [0.2, 0.25) is 0 Å². The summed E-state index contributed by atoms with van der Waals surface area (Å²) in [5.41, 5.74) is 0.823. The van der Waals surface area contributed by atoms with Crippen molar-refractivity contribution >= 4 is 0 Å². The summed E-state index contributed by atoms with van der Waals surface area (Å²) >= 11 is 0. The lowest BCUT2D eigenvalue weighted by molar-refractivity contribution is 0.538. The Kier molecular flexibility index (Phi) is 4.09. The molecule has 0 radical (unpaired) electrons. The molecule has 0 amide bonds. The zero-order chi connectivity index (χ0) is 10.4. The van der Waals surface area contributed by atoms with Crippen molar-refractivity contribution in [3.8, 4) is 12.3 Å². The lowest BCUT2D eigenvalue weighted by atomic mass is 10.1. The van der Waals surface area contributed by atoms with Gasteiger partial charge in [0.15, 0.2) is 0 Å². The van der Waals surface area contributed by atoms with Crippen molar-refractivity contribution in [3.63, 3.8) is 0 Å². The molecule has 1 heterocycles. The van der Waals surface area contributed by atoms with Crippen LogP contribution in [0.5, 0.6) is 0 Å². The van der Waals surface area contributed by atoms with Crippen LogP contribution in [0, 0.1) is 18.2 Å². The van der Waals surface area contributed by atoms with Gasteiger partial charge in [-0.05, 0) is 25.6 Å². The van der Waals surface area contributed by atoms with Gasteiger partial charge in [0.25, 0.3) is 0 Å². The van der Waals surface area contributed by atoms with Crippen molar-refractivity contribution in [2.75, 3.05) is 7.05 Å². The molecule has 1 aromatic heterocycles. The summed E-state index contributed by atoms with van der Waals surface area (Å²) in [6, 6.07) is 3.18. The van der Waals surface area contributed by atoms with E-state index >= 15 is 0 Å². The third-order valence-corrected chi connectivity index (χ3v) is 2.03. The molecular weight excluding hydrogens is 179 g/mol. The molecule has 1 atom stereocenters. The molecule has 0 saturated carbocycles. The first-order chi connectivity index (χ1) is 6.77. The summed E-state index contributed by atoms with van der Waals surface area (Å²) in [6.45, 7) is 0. The van der Waals surface area contributed by atoms with Gasteiger partial charge in [-0.1, -0.05) is 0 Å². The largest absolute Gasteiger partial charge is 0.312 e. The van der Waals surface area contributed by atoms with Crippen molar-refractivity contribution in [2.45, 2.75) is 18.9 Å². The Morgan fingerprint density at radius 2 is 2.43 bits per heavy atom. The minimum Gasteiger partial charge on any atom is -0.312 e. The lowest BCUT2D eigenvalue weighted by Gasteiger charge is -2.13. The third-order valence-electron chi connectivity index (χ3n) is 2.03. The first-order valence-electron chi connectivity index (χ1n) is 4.50. The van der Waals surface area contributed by atoms with Crippen molar-refractivity contribution in [1.29, 1.82) is 0 Å². The van der Waals surface area contributed by atoms with Gasteiger partial charge in [0.1, 0.15) is 5.82 Å². The van der Waals surface area contributed by atoms with Gasteiger partial charge in [-0.3, -0.25) is 4.98 Å². The van der Waals surface area contributed by atoms with Crippen LogP contribution in [0.1, 0.15) is 24.6 Å². The van der Waals surface area contributed by atoms with Crippen LogP contribution in [-0.2, 0) is 0 Å². The smallest absolute Gasteiger partial charge is 0.141 e. The first-order valence-corrected chi connectivity index (χ1v) is 4.50. The Morgan fingerprint density at radius 1 is 1.64 bits per heavy atom. The van der Waals surface area contributed by atoms with Crippen LogP contribution >= 0.6 is 0 Å². The van der Waals surface area contributed by atoms with Gasteiger partial charge < -0.3 is 5.32 Å². The lowest BCUT2D eigenvalue weighted by Crippen LogP contribution is -2.17. The topological polar surface area (TPSA) is 24.9 Å².